The highest BCUT2D eigenvalue weighted by Crippen LogP contribution is 2.24. The zero-order valence-corrected chi connectivity index (χ0v) is 11.8. The van der Waals surface area contributed by atoms with Crippen molar-refractivity contribution in [2.45, 2.75) is 0 Å². The third kappa shape index (κ3) is 2.74. The minimum Gasteiger partial charge on any atom is -0.273 e. The molecule has 4 amide bonds. The van der Waals surface area contributed by atoms with Gasteiger partial charge in [0.15, 0.2) is 0 Å². The highest BCUT2D eigenvalue weighted by Gasteiger charge is 2.37. The average Bonchev–Trinajstić information content (AvgIpc) is 2.54. The summed E-state index contributed by atoms with van der Waals surface area (Å²) in [7, 11) is 0. The molecule has 2 aromatic carbocycles. The maximum absolute atomic E-state index is 13.9. The molecule has 6 heteroatoms. The molecule has 0 saturated carbocycles. The van der Waals surface area contributed by atoms with Gasteiger partial charge < -0.3 is 0 Å². The smallest absolute Gasteiger partial charge is 0.273 e. The van der Waals surface area contributed by atoms with E-state index in [-0.39, 0.29) is 11.3 Å². The number of amides is 4. The van der Waals surface area contributed by atoms with Crippen LogP contribution in [0.15, 0.2) is 60.2 Å². The van der Waals surface area contributed by atoms with Crippen LogP contribution in [0.1, 0.15) is 5.56 Å². The summed E-state index contributed by atoms with van der Waals surface area (Å²) in [5.41, 5.74) is 0.175. The van der Waals surface area contributed by atoms with E-state index in [1.807, 2.05) is 5.32 Å². The molecule has 3 rings (SSSR count). The van der Waals surface area contributed by atoms with Gasteiger partial charge in [0, 0.05) is 0 Å². The van der Waals surface area contributed by atoms with Gasteiger partial charge >= 0.3 is 6.03 Å². The molecular formula is C17H11FN2O3. The molecule has 1 fully saturated rings. The number of para-hydroxylation sites is 1. The highest BCUT2D eigenvalue weighted by molar-refractivity contribution is 6.39. The molecule has 114 valence electrons. The molecule has 0 spiro atoms. The summed E-state index contributed by atoms with van der Waals surface area (Å²) in [6.45, 7) is 0. The Hall–Kier alpha value is -3.28. The summed E-state index contributed by atoms with van der Waals surface area (Å²) in [4.78, 5) is 37.0. The monoisotopic (exact) mass is 310 g/mol. The van der Waals surface area contributed by atoms with Gasteiger partial charge in [-0.3, -0.25) is 14.9 Å². The zero-order valence-electron chi connectivity index (χ0n) is 11.8. The Morgan fingerprint density at radius 1 is 0.913 bits per heavy atom. The third-order valence-electron chi connectivity index (χ3n) is 3.31. The van der Waals surface area contributed by atoms with Crippen LogP contribution < -0.4 is 10.2 Å². The lowest BCUT2D eigenvalue weighted by molar-refractivity contribution is -0.122. The maximum Gasteiger partial charge on any atom is 0.336 e. The number of benzene rings is 2. The SMILES string of the molecule is O=C1NC(=O)N(c2ccccc2F)C(=O)C1=Cc1ccccc1. The van der Waals surface area contributed by atoms with Crippen molar-refractivity contribution in [3.05, 3.63) is 71.6 Å². The van der Waals surface area contributed by atoms with E-state index in [0.717, 1.165) is 6.07 Å². The predicted octanol–water partition coefficient (Wildman–Crippen LogP) is 2.49. The normalized spacial score (nSPS) is 16.7. The second kappa shape index (κ2) is 5.84. The molecule has 1 saturated heterocycles. The standard InChI is InChI=1S/C17H11FN2O3/c18-13-8-4-5-9-14(13)20-16(22)12(15(21)19-17(20)23)10-11-6-2-1-3-7-11/h1-10H,(H,19,21,23). The fourth-order valence-corrected chi connectivity index (χ4v) is 2.23. The molecule has 0 aromatic heterocycles. The Morgan fingerprint density at radius 2 is 1.57 bits per heavy atom. The zero-order chi connectivity index (χ0) is 16.4. The van der Waals surface area contributed by atoms with Gasteiger partial charge in [0.05, 0.1) is 5.69 Å². The molecule has 5 nitrogen and oxygen atoms in total. The molecule has 23 heavy (non-hydrogen) atoms. The van der Waals surface area contributed by atoms with Crippen molar-refractivity contribution in [3.63, 3.8) is 0 Å². The van der Waals surface area contributed by atoms with Crippen LogP contribution in [0.4, 0.5) is 14.9 Å². The van der Waals surface area contributed by atoms with Crippen molar-refractivity contribution in [3.8, 4) is 0 Å². The number of anilines is 1. The van der Waals surface area contributed by atoms with E-state index in [9.17, 15) is 18.8 Å². The van der Waals surface area contributed by atoms with Crippen molar-refractivity contribution in [2.75, 3.05) is 4.90 Å². The van der Waals surface area contributed by atoms with Gasteiger partial charge in [-0.25, -0.2) is 14.1 Å². The number of hydrogen-bond donors (Lipinski definition) is 1. The number of carbonyl (C=O) groups is 3. The predicted molar refractivity (Wildman–Crippen MR) is 81.8 cm³/mol. The van der Waals surface area contributed by atoms with E-state index in [4.69, 9.17) is 0 Å². The van der Waals surface area contributed by atoms with Crippen LogP contribution >= 0.6 is 0 Å². The summed E-state index contributed by atoms with van der Waals surface area (Å²) >= 11 is 0. The number of nitrogens with zero attached hydrogens (tertiary/aromatic N) is 1. The second-order valence-electron chi connectivity index (χ2n) is 4.82. The molecule has 0 bridgehead atoms. The fourth-order valence-electron chi connectivity index (χ4n) is 2.23. The lowest BCUT2D eigenvalue weighted by Gasteiger charge is -2.26. The van der Waals surface area contributed by atoms with Crippen LogP contribution in [0.25, 0.3) is 6.08 Å². The van der Waals surface area contributed by atoms with Crippen molar-refractivity contribution in [1.82, 2.24) is 5.32 Å². The van der Waals surface area contributed by atoms with Crippen LogP contribution in [-0.2, 0) is 9.59 Å². The van der Waals surface area contributed by atoms with Gasteiger partial charge in [0.2, 0.25) is 0 Å². The van der Waals surface area contributed by atoms with Gasteiger partial charge in [0.1, 0.15) is 11.4 Å². The maximum atomic E-state index is 13.9. The number of barbiturate groups is 1. The number of imide groups is 2. The minimum atomic E-state index is -0.977. The molecule has 1 aliphatic rings. The van der Waals surface area contributed by atoms with Crippen molar-refractivity contribution in [2.24, 2.45) is 0 Å². The van der Waals surface area contributed by atoms with Gasteiger partial charge in [-0.15, -0.1) is 0 Å². The molecule has 0 radical (unpaired) electrons. The second-order valence-corrected chi connectivity index (χ2v) is 4.82. The Bertz CT molecular complexity index is 831. The largest absolute Gasteiger partial charge is 0.336 e. The summed E-state index contributed by atoms with van der Waals surface area (Å²) < 4.78 is 13.9. The topological polar surface area (TPSA) is 66.5 Å². The minimum absolute atomic E-state index is 0.207. The summed E-state index contributed by atoms with van der Waals surface area (Å²) in [5.74, 6) is -2.41. The number of rotatable bonds is 2. The number of carbonyl (C=O) groups excluding carboxylic acids is 3. The number of hydrogen-bond acceptors (Lipinski definition) is 3. The van der Waals surface area contributed by atoms with Crippen LogP contribution in [-0.4, -0.2) is 17.8 Å². The molecule has 2 aromatic rings. The molecule has 1 aliphatic heterocycles. The Kier molecular flexibility index (Phi) is 3.72. The Labute approximate surface area is 131 Å². The molecule has 1 N–H and O–H groups in total. The van der Waals surface area contributed by atoms with Gasteiger partial charge in [-0.2, -0.15) is 0 Å². The molecular weight excluding hydrogens is 299 g/mol. The van der Waals surface area contributed by atoms with Crippen LogP contribution in [0, 0.1) is 5.82 Å². The number of nitrogens with one attached hydrogen (secondary N) is 1. The molecule has 0 unspecified atom stereocenters. The first-order chi connectivity index (χ1) is 11.1. The Morgan fingerprint density at radius 3 is 2.26 bits per heavy atom. The number of urea groups is 1. The van der Waals surface area contributed by atoms with Crippen LogP contribution in [0.2, 0.25) is 0 Å². The molecule has 1 heterocycles. The summed E-state index contributed by atoms with van der Waals surface area (Å²) in [5, 5.41) is 2.05. The summed E-state index contributed by atoms with van der Waals surface area (Å²) in [6, 6.07) is 13.1. The van der Waals surface area contributed by atoms with Crippen molar-refractivity contribution < 1.29 is 18.8 Å². The number of halogens is 1. The van der Waals surface area contributed by atoms with Gasteiger partial charge in [-0.05, 0) is 23.8 Å². The van der Waals surface area contributed by atoms with Crippen LogP contribution in [0.5, 0.6) is 0 Å². The van der Waals surface area contributed by atoms with Crippen LogP contribution in [0.3, 0.4) is 0 Å². The first-order valence-corrected chi connectivity index (χ1v) is 6.79. The molecule has 0 aliphatic carbocycles. The van der Waals surface area contributed by atoms with Gasteiger partial charge in [0.25, 0.3) is 11.8 Å². The fraction of sp³-hybridized carbons (Fsp3) is 0. The first kappa shape index (κ1) is 14.6. The average molecular weight is 310 g/mol. The van der Waals surface area contributed by atoms with E-state index in [0.29, 0.717) is 10.5 Å². The lowest BCUT2D eigenvalue weighted by Crippen LogP contribution is -2.54. The van der Waals surface area contributed by atoms with E-state index in [1.165, 1.54) is 24.3 Å². The third-order valence-corrected chi connectivity index (χ3v) is 3.31. The first-order valence-electron chi connectivity index (χ1n) is 6.79. The van der Waals surface area contributed by atoms with E-state index < -0.39 is 23.7 Å². The summed E-state index contributed by atoms with van der Waals surface area (Å²) in [6.07, 6.45) is 1.36. The van der Waals surface area contributed by atoms with Crippen molar-refractivity contribution in [1.29, 1.82) is 0 Å². The van der Waals surface area contributed by atoms with E-state index in [1.54, 1.807) is 30.3 Å². The Balaban J connectivity index is 2.05. The van der Waals surface area contributed by atoms with Crippen molar-refractivity contribution >= 4 is 29.6 Å². The highest BCUT2D eigenvalue weighted by atomic mass is 19.1. The van der Waals surface area contributed by atoms with Gasteiger partial charge in [-0.1, -0.05) is 42.5 Å². The quantitative estimate of drug-likeness (QED) is 0.684. The lowest BCUT2D eigenvalue weighted by atomic mass is 10.1. The van der Waals surface area contributed by atoms with E-state index in [2.05, 4.69) is 0 Å². The van der Waals surface area contributed by atoms with E-state index >= 15 is 0 Å². The molecule has 0 atom stereocenters.